The maximum absolute atomic E-state index is 13.5. The molecule has 380 valence electrons. The van der Waals surface area contributed by atoms with E-state index in [-0.39, 0.29) is 84.1 Å². The second kappa shape index (κ2) is 24.3. The molecule has 8 rings (SSSR count). The molecule has 0 aliphatic carbocycles. The summed E-state index contributed by atoms with van der Waals surface area (Å²) >= 11 is 0. The zero-order valence-corrected chi connectivity index (χ0v) is 38.9. The van der Waals surface area contributed by atoms with Crippen molar-refractivity contribution >= 4 is 46.7 Å². The highest BCUT2D eigenvalue weighted by atomic mass is 19.4. The first-order valence-corrected chi connectivity index (χ1v) is 22.6. The Kier molecular flexibility index (Phi) is 17.6. The number of pyridine rings is 2. The van der Waals surface area contributed by atoms with Crippen molar-refractivity contribution in [3.63, 3.8) is 0 Å². The van der Waals surface area contributed by atoms with Crippen LogP contribution < -0.4 is 41.4 Å². The molecule has 6 heterocycles. The lowest BCUT2D eigenvalue weighted by molar-refractivity contribution is -0.138. The van der Waals surface area contributed by atoms with Gasteiger partial charge in [0.15, 0.2) is 0 Å². The number of aromatic nitrogens is 6. The summed E-state index contributed by atoms with van der Waals surface area (Å²) in [6, 6.07) is 15.8. The predicted molar refractivity (Wildman–Crippen MR) is 254 cm³/mol. The third-order valence-electron chi connectivity index (χ3n) is 10.8. The molecule has 2 aromatic carbocycles. The van der Waals surface area contributed by atoms with Gasteiger partial charge in [0, 0.05) is 75.6 Å². The summed E-state index contributed by atoms with van der Waals surface area (Å²) < 4.78 is 103. The van der Waals surface area contributed by atoms with Gasteiger partial charge < -0.3 is 50.8 Å². The first-order valence-electron chi connectivity index (χ1n) is 22.6. The average Bonchev–Trinajstić information content (AvgIpc) is 4.12. The quantitative estimate of drug-likeness (QED) is 0.0443. The van der Waals surface area contributed by atoms with Gasteiger partial charge in [0.2, 0.25) is 11.9 Å². The molecule has 2 amide bonds. The molecule has 24 heteroatoms. The molecular formula is C48H50F6N12O6. The lowest BCUT2D eigenvalue weighted by Crippen LogP contribution is -2.18. The van der Waals surface area contributed by atoms with Crippen molar-refractivity contribution in [1.29, 1.82) is 0 Å². The van der Waals surface area contributed by atoms with Gasteiger partial charge in [0.05, 0.1) is 58.9 Å². The second-order valence-electron chi connectivity index (χ2n) is 16.0. The Morgan fingerprint density at radius 1 is 0.597 bits per heavy atom. The summed E-state index contributed by atoms with van der Waals surface area (Å²) in [6.07, 6.45) is -0.0566. The smallest absolute Gasteiger partial charge is 0.416 e. The number of carbonyl (C=O) groups excluding carboxylic acids is 2. The highest BCUT2D eigenvalue weighted by Gasteiger charge is 2.33. The molecule has 2 fully saturated rings. The lowest BCUT2D eigenvalue weighted by atomic mass is 10.1. The summed E-state index contributed by atoms with van der Waals surface area (Å²) in [5.74, 6) is 0.101. The van der Waals surface area contributed by atoms with Crippen LogP contribution in [0.25, 0.3) is 0 Å². The minimum atomic E-state index is -4.62. The molecule has 0 bridgehead atoms. The molecule has 0 spiro atoms. The number of nitrogens with one attached hydrogen (secondary N) is 6. The number of anilines is 6. The largest absolute Gasteiger partial charge is 0.491 e. The maximum Gasteiger partial charge on any atom is 0.416 e. The first kappa shape index (κ1) is 52.0. The number of carbonyl (C=O) groups is 2. The molecule has 2 saturated heterocycles. The van der Waals surface area contributed by atoms with Gasteiger partial charge >= 0.3 is 12.4 Å². The van der Waals surface area contributed by atoms with E-state index < -0.39 is 35.3 Å². The molecule has 0 unspecified atom stereocenters. The zero-order valence-electron chi connectivity index (χ0n) is 38.9. The first-order chi connectivity index (χ1) is 34.6. The Hall–Kier alpha value is -7.86. The van der Waals surface area contributed by atoms with Gasteiger partial charge in [-0.3, -0.25) is 9.59 Å². The SMILES string of the molecule is CNc1nccc(CNc2ncccc2C(=O)Nc2cc(OC[C@@H]3CCCO3)cc(C(F)(F)F)c2)n1.CNc1nccc(CNc2ncccc2C(=O)Nc2cc(OC[C@H]3CCCO3)cc(C(F)(F)F)c2)n1. The van der Waals surface area contributed by atoms with Crippen molar-refractivity contribution in [2.75, 3.05) is 72.4 Å². The molecule has 2 atom stereocenters. The van der Waals surface area contributed by atoms with Gasteiger partial charge in [0.1, 0.15) is 36.3 Å². The van der Waals surface area contributed by atoms with Crippen LogP contribution in [0.15, 0.2) is 97.6 Å². The topological polar surface area (TPSA) is 221 Å². The summed E-state index contributed by atoms with van der Waals surface area (Å²) in [5.41, 5.74) is -0.371. The fraction of sp³-hybridized carbons (Fsp3) is 0.333. The van der Waals surface area contributed by atoms with Gasteiger partial charge in [-0.05, 0) is 86.3 Å². The number of hydrogen-bond donors (Lipinski definition) is 6. The number of amides is 2. The van der Waals surface area contributed by atoms with Crippen LogP contribution in [0.2, 0.25) is 0 Å². The Morgan fingerprint density at radius 3 is 1.40 bits per heavy atom. The van der Waals surface area contributed by atoms with E-state index in [1.807, 2.05) is 0 Å². The van der Waals surface area contributed by atoms with Crippen molar-refractivity contribution < 1.29 is 54.9 Å². The lowest BCUT2D eigenvalue weighted by Gasteiger charge is -2.16. The molecule has 4 aromatic heterocycles. The minimum absolute atomic E-state index is 0.00994. The number of nitrogens with zero attached hydrogens (tertiary/aromatic N) is 6. The van der Waals surface area contributed by atoms with Crippen LogP contribution >= 0.6 is 0 Å². The van der Waals surface area contributed by atoms with E-state index in [9.17, 15) is 35.9 Å². The molecule has 0 radical (unpaired) electrons. The van der Waals surface area contributed by atoms with Crippen molar-refractivity contribution in [3.05, 3.63) is 131 Å². The third-order valence-corrected chi connectivity index (χ3v) is 10.8. The van der Waals surface area contributed by atoms with Gasteiger partial charge in [-0.1, -0.05) is 0 Å². The van der Waals surface area contributed by atoms with E-state index in [0.717, 1.165) is 49.9 Å². The van der Waals surface area contributed by atoms with Crippen molar-refractivity contribution in [2.24, 2.45) is 0 Å². The van der Waals surface area contributed by atoms with E-state index in [1.54, 1.807) is 50.8 Å². The third kappa shape index (κ3) is 15.1. The zero-order chi connectivity index (χ0) is 51.1. The molecule has 18 nitrogen and oxygen atoms in total. The Bertz CT molecular complexity index is 2590. The Morgan fingerprint density at radius 2 is 1.03 bits per heavy atom. The van der Waals surface area contributed by atoms with E-state index in [0.29, 0.717) is 36.5 Å². The number of ether oxygens (including phenoxy) is 4. The molecule has 6 aromatic rings. The fourth-order valence-corrected chi connectivity index (χ4v) is 7.20. The highest BCUT2D eigenvalue weighted by Crippen LogP contribution is 2.36. The van der Waals surface area contributed by atoms with Crippen LogP contribution in [0.4, 0.5) is 61.2 Å². The average molecular weight is 1000 g/mol. The van der Waals surface area contributed by atoms with Gasteiger partial charge in [-0.2, -0.15) is 26.3 Å². The summed E-state index contributed by atoms with van der Waals surface area (Å²) in [4.78, 5) is 51.1. The van der Waals surface area contributed by atoms with Crippen LogP contribution in [0.3, 0.4) is 0 Å². The molecular weight excluding hydrogens is 955 g/mol. The van der Waals surface area contributed by atoms with Crippen molar-refractivity contribution in [1.82, 2.24) is 29.9 Å². The van der Waals surface area contributed by atoms with Crippen molar-refractivity contribution in [3.8, 4) is 11.5 Å². The van der Waals surface area contributed by atoms with E-state index >= 15 is 0 Å². The van der Waals surface area contributed by atoms with Crippen LogP contribution in [-0.2, 0) is 34.9 Å². The summed E-state index contributed by atoms with van der Waals surface area (Å²) in [5, 5.41) is 16.8. The van der Waals surface area contributed by atoms with Crippen molar-refractivity contribution in [2.45, 2.75) is 63.3 Å². The number of rotatable bonds is 18. The molecule has 6 N–H and O–H groups in total. The van der Waals surface area contributed by atoms with Gasteiger partial charge in [-0.15, -0.1) is 0 Å². The number of alkyl halides is 6. The number of benzene rings is 2. The van der Waals surface area contributed by atoms with Crippen LogP contribution in [0.1, 0.15) is 68.9 Å². The monoisotopic (exact) mass is 1000 g/mol. The number of hydrogen-bond acceptors (Lipinski definition) is 16. The van der Waals surface area contributed by atoms with Gasteiger partial charge in [-0.25, -0.2) is 29.9 Å². The summed E-state index contributed by atoms with van der Waals surface area (Å²) in [6.45, 7) is 1.96. The minimum Gasteiger partial charge on any atom is -0.491 e. The second-order valence-corrected chi connectivity index (χ2v) is 16.0. The van der Waals surface area contributed by atoms with E-state index in [4.69, 9.17) is 18.9 Å². The Labute approximate surface area is 409 Å². The normalized spacial score (nSPS) is 15.4. The van der Waals surface area contributed by atoms with Gasteiger partial charge in [0.25, 0.3) is 11.8 Å². The number of halogens is 6. The van der Waals surface area contributed by atoms with E-state index in [1.165, 1.54) is 36.7 Å². The molecule has 72 heavy (non-hydrogen) atoms. The highest BCUT2D eigenvalue weighted by molar-refractivity contribution is 6.08. The van der Waals surface area contributed by atoms with Crippen LogP contribution in [-0.4, -0.2) is 94.4 Å². The maximum atomic E-state index is 13.5. The van der Waals surface area contributed by atoms with E-state index in [2.05, 4.69) is 61.8 Å². The predicted octanol–water partition coefficient (Wildman–Crippen LogP) is 8.71. The van der Waals surface area contributed by atoms with Crippen LogP contribution in [0, 0.1) is 0 Å². The molecule has 0 saturated carbocycles. The summed E-state index contributed by atoms with van der Waals surface area (Å²) in [7, 11) is 3.39. The standard InChI is InChI=1S/2C24H25F3N6O3/c2*1-28-23-30-8-6-16(33-23)13-31-21-20(5-2-7-29-21)22(34)32-17-10-15(24(25,26)27)11-19(12-17)36-14-18-4-3-9-35-18/h2*2,5-8,10-12,18H,3-4,9,13-14H2,1H3,(H,29,31)(H,32,34)(H,28,30,33)/t2*18-/m10/s1. The molecule has 2 aliphatic rings. The molecule has 2 aliphatic heterocycles. The fourth-order valence-electron chi connectivity index (χ4n) is 7.20. The van der Waals surface area contributed by atoms with Crippen LogP contribution in [0.5, 0.6) is 11.5 Å². The Balaban J connectivity index is 0.000000211.